The molecule has 116 valence electrons. The predicted molar refractivity (Wildman–Crippen MR) is 84.4 cm³/mol. The van der Waals surface area contributed by atoms with Crippen LogP contribution in [0.15, 0.2) is 24.4 Å². The molecule has 2 fully saturated rings. The molecule has 0 radical (unpaired) electrons. The van der Waals surface area contributed by atoms with Crippen LogP contribution in [0.5, 0.6) is 0 Å². The van der Waals surface area contributed by atoms with Crippen molar-refractivity contribution in [3.05, 3.63) is 30.1 Å². The van der Waals surface area contributed by atoms with Crippen molar-refractivity contribution in [3.63, 3.8) is 0 Å². The summed E-state index contributed by atoms with van der Waals surface area (Å²) in [6.45, 7) is 10.2. The van der Waals surface area contributed by atoms with E-state index in [-0.39, 0.29) is 0 Å². The number of piperazine rings is 1. The van der Waals surface area contributed by atoms with Crippen LogP contribution >= 0.6 is 0 Å². The molecule has 4 heteroatoms. The first-order valence-electron chi connectivity index (χ1n) is 8.21. The Bertz CT molecular complexity index is 423. The molecule has 1 aromatic rings. The molecule has 21 heavy (non-hydrogen) atoms. The third-order valence-electron chi connectivity index (χ3n) is 5.12. The molecule has 0 unspecified atom stereocenters. The van der Waals surface area contributed by atoms with Gasteiger partial charge in [-0.1, -0.05) is 6.07 Å². The fraction of sp³-hybridized carbons (Fsp3) is 0.706. The van der Waals surface area contributed by atoms with Crippen LogP contribution in [-0.2, 0) is 11.2 Å². The van der Waals surface area contributed by atoms with Crippen molar-refractivity contribution < 1.29 is 4.74 Å². The van der Waals surface area contributed by atoms with Crippen molar-refractivity contribution in [2.24, 2.45) is 0 Å². The van der Waals surface area contributed by atoms with Crippen molar-refractivity contribution in [3.8, 4) is 0 Å². The van der Waals surface area contributed by atoms with Gasteiger partial charge in [-0.3, -0.25) is 9.88 Å². The van der Waals surface area contributed by atoms with E-state index in [4.69, 9.17) is 4.74 Å². The molecule has 2 aliphatic rings. The molecule has 0 bridgehead atoms. The molecule has 0 spiro atoms. The number of ether oxygens (including phenoxy) is 1. The monoisotopic (exact) mass is 289 g/mol. The summed E-state index contributed by atoms with van der Waals surface area (Å²) in [5.74, 6) is 0. The average Bonchev–Trinajstić information content (AvgIpc) is 2.55. The lowest BCUT2D eigenvalue weighted by molar-refractivity contribution is -0.0375. The largest absolute Gasteiger partial charge is 0.381 e. The van der Waals surface area contributed by atoms with Gasteiger partial charge in [0.25, 0.3) is 0 Å². The number of nitrogens with zero attached hydrogens (tertiary/aromatic N) is 3. The minimum atomic E-state index is 0.366. The molecule has 2 aliphatic heterocycles. The van der Waals surface area contributed by atoms with Crippen LogP contribution in [0, 0.1) is 0 Å². The number of hydrogen-bond acceptors (Lipinski definition) is 4. The molecular weight excluding hydrogens is 262 g/mol. The number of pyridine rings is 1. The summed E-state index contributed by atoms with van der Waals surface area (Å²) in [6, 6.07) is 6.18. The van der Waals surface area contributed by atoms with E-state index in [1.54, 1.807) is 0 Å². The molecule has 0 amide bonds. The normalized spacial score (nSPS) is 24.0. The van der Waals surface area contributed by atoms with Crippen LogP contribution in [0.2, 0.25) is 0 Å². The van der Waals surface area contributed by atoms with Gasteiger partial charge >= 0.3 is 0 Å². The predicted octanol–water partition coefficient (Wildman–Crippen LogP) is 1.81. The zero-order chi connectivity index (χ0) is 14.5. The Kier molecular flexibility index (Phi) is 4.88. The third kappa shape index (κ3) is 3.82. The summed E-state index contributed by atoms with van der Waals surface area (Å²) in [6.07, 6.45) is 5.31. The van der Waals surface area contributed by atoms with E-state index in [2.05, 4.69) is 33.8 Å². The Morgan fingerprint density at radius 3 is 2.57 bits per heavy atom. The van der Waals surface area contributed by atoms with E-state index in [0.29, 0.717) is 5.54 Å². The smallest absolute Gasteiger partial charge is 0.0483 e. The van der Waals surface area contributed by atoms with E-state index in [1.807, 2.05) is 12.3 Å². The molecule has 0 aliphatic carbocycles. The number of rotatable bonds is 4. The zero-order valence-electron chi connectivity index (χ0n) is 13.1. The fourth-order valence-corrected chi connectivity index (χ4v) is 3.46. The zero-order valence-corrected chi connectivity index (χ0v) is 13.1. The minimum absolute atomic E-state index is 0.366. The van der Waals surface area contributed by atoms with Crippen molar-refractivity contribution in [2.75, 3.05) is 45.9 Å². The maximum atomic E-state index is 5.52. The molecule has 0 N–H and O–H groups in total. The highest BCUT2D eigenvalue weighted by Crippen LogP contribution is 2.28. The van der Waals surface area contributed by atoms with Crippen LogP contribution in [0.25, 0.3) is 0 Å². The Labute approximate surface area is 128 Å². The van der Waals surface area contributed by atoms with Crippen molar-refractivity contribution in [2.45, 2.75) is 31.7 Å². The number of hydrogen-bond donors (Lipinski definition) is 0. The van der Waals surface area contributed by atoms with Gasteiger partial charge in [0.1, 0.15) is 0 Å². The molecule has 4 nitrogen and oxygen atoms in total. The Balaban J connectivity index is 1.44. The molecule has 0 saturated carbocycles. The summed E-state index contributed by atoms with van der Waals surface area (Å²) < 4.78 is 5.52. The lowest BCUT2D eigenvalue weighted by Gasteiger charge is -2.47. The first kappa shape index (κ1) is 14.9. The quantitative estimate of drug-likeness (QED) is 0.845. The molecule has 2 saturated heterocycles. The van der Waals surface area contributed by atoms with E-state index in [1.165, 1.54) is 44.7 Å². The third-order valence-corrected chi connectivity index (χ3v) is 5.12. The van der Waals surface area contributed by atoms with Crippen molar-refractivity contribution in [1.29, 1.82) is 0 Å². The lowest BCUT2D eigenvalue weighted by atomic mass is 9.89. The summed E-state index contributed by atoms with van der Waals surface area (Å²) in [5, 5.41) is 0. The second-order valence-corrected chi connectivity index (χ2v) is 6.51. The number of aromatic nitrogens is 1. The van der Waals surface area contributed by atoms with Crippen LogP contribution in [0.4, 0.5) is 0 Å². The van der Waals surface area contributed by atoms with E-state index >= 15 is 0 Å². The van der Waals surface area contributed by atoms with E-state index in [9.17, 15) is 0 Å². The van der Waals surface area contributed by atoms with Gasteiger partial charge in [0.2, 0.25) is 0 Å². The first-order chi connectivity index (χ1) is 10.3. The maximum Gasteiger partial charge on any atom is 0.0483 e. The first-order valence-corrected chi connectivity index (χ1v) is 8.21. The summed E-state index contributed by atoms with van der Waals surface area (Å²) >= 11 is 0. The summed E-state index contributed by atoms with van der Waals surface area (Å²) in [5.41, 5.74) is 1.57. The molecule has 3 heterocycles. The van der Waals surface area contributed by atoms with Gasteiger partial charge < -0.3 is 9.64 Å². The van der Waals surface area contributed by atoms with Gasteiger partial charge in [-0.25, -0.2) is 0 Å². The topological polar surface area (TPSA) is 28.6 Å². The van der Waals surface area contributed by atoms with Gasteiger partial charge in [0, 0.05) is 69.8 Å². The fourth-order valence-electron chi connectivity index (χ4n) is 3.46. The van der Waals surface area contributed by atoms with Crippen LogP contribution in [0.1, 0.15) is 25.5 Å². The van der Waals surface area contributed by atoms with Gasteiger partial charge in [-0.15, -0.1) is 0 Å². The van der Waals surface area contributed by atoms with Gasteiger partial charge in [-0.2, -0.15) is 0 Å². The van der Waals surface area contributed by atoms with Gasteiger partial charge in [-0.05, 0) is 31.9 Å². The standard InChI is InChI=1S/C17H27N3O/c1-17(6-14-21-15-7-17)20-12-10-19(11-13-20)9-5-16-4-2-3-8-18-16/h2-4,8H,5-7,9-15H2,1H3. The van der Waals surface area contributed by atoms with Crippen LogP contribution < -0.4 is 0 Å². The highest BCUT2D eigenvalue weighted by Gasteiger charge is 2.35. The van der Waals surface area contributed by atoms with Gasteiger partial charge in [0.15, 0.2) is 0 Å². The molecule has 0 aromatic carbocycles. The van der Waals surface area contributed by atoms with E-state index in [0.717, 1.165) is 26.2 Å². The molecule has 0 atom stereocenters. The average molecular weight is 289 g/mol. The summed E-state index contributed by atoms with van der Waals surface area (Å²) in [4.78, 5) is 9.68. The summed E-state index contributed by atoms with van der Waals surface area (Å²) in [7, 11) is 0. The van der Waals surface area contributed by atoms with Crippen molar-refractivity contribution in [1.82, 2.24) is 14.8 Å². The van der Waals surface area contributed by atoms with Gasteiger partial charge in [0.05, 0.1) is 0 Å². The van der Waals surface area contributed by atoms with Crippen LogP contribution in [-0.4, -0.2) is 66.3 Å². The maximum absolute atomic E-state index is 5.52. The second-order valence-electron chi connectivity index (χ2n) is 6.51. The van der Waals surface area contributed by atoms with Crippen molar-refractivity contribution >= 4 is 0 Å². The molecule has 3 rings (SSSR count). The SMILES string of the molecule is CC1(N2CCN(CCc3ccccn3)CC2)CCOCC1. The highest BCUT2D eigenvalue weighted by atomic mass is 16.5. The highest BCUT2D eigenvalue weighted by molar-refractivity contribution is 5.04. The Morgan fingerprint density at radius 1 is 1.14 bits per heavy atom. The van der Waals surface area contributed by atoms with Crippen LogP contribution in [0.3, 0.4) is 0 Å². The Morgan fingerprint density at radius 2 is 1.90 bits per heavy atom. The minimum Gasteiger partial charge on any atom is -0.381 e. The van der Waals surface area contributed by atoms with E-state index < -0.39 is 0 Å². The Hall–Kier alpha value is -0.970. The second kappa shape index (κ2) is 6.86. The molecular formula is C17H27N3O. The molecule has 1 aromatic heterocycles. The lowest BCUT2D eigenvalue weighted by Crippen LogP contribution is -2.57.